The van der Waals surface area contributed by atoms with E-state index in [9.17, 15) is 4.79 Å². The van der Waals surface area contributed by atoms with Crippen LogP contribution >= 0.6 is 23.4 Å². The van der Waals surface area contributed by atoms with Gasteiger partial charge in [-0.1, -0.05) is 47.6 Å². The van der Waals surface area contributed by atoms with Crippen molar-refractivity contribution in [2.24, 2.45) is 0 Å². The van der Waals surface area contributed by atoms with Crippen molar-refractivity contribution in [1.82, 2.24) is 24.6 Å². The summed E-state index contributed by atoms with van der Waals surface area (Å²) in [4.78, 5) is 16.9. The zero-order chi connectivity index (χ0) is 21.5. The van der Waals surface area contributed by atoms with Gasteiger partial charge >= 0.3 is 0 Å². The highest BCUT2D eigenvalue weighted by Crippen LogP contribution is 2.22. The molecule has 1 aliphatic heterocycles. The van der Waals surface area contributed by atoms with E-state index in [0.717, 1.165) is 44.2 Å². The van der Waals surface area contributed by atoms with Gasteiger partial charge in [0, 0.05) is 37.7 Å². The third-order valence-corrected chi connectivity index (χ3v) is 6.23. The normalized spacial score (nSPS) is 14.5. The Kier molecular flexibility index (Phi) is 7.45. The topological polar surface area (TPSA) is 63.5 Å². The molecule has 0 bridgehead atoms. The van der Waals surface area contributed by atoms with Crippen LogP contribution in [0, 0.1) is 0 Å². The lowest BCUT2D eigenvalue weighted by atomic mass is 10.3. The number of carbonyl (C=O) groups excluding carboxylic acids is 1. The first-order chi connectivity index (χ1) is 15.2. The number of nitrogens with zero attached hydrogens (tertiary/aromatic N) is 5. The maximum absolute atomic E-state index is 12.7. The van der Waals surface area contributed by atoms with Crippen molar-refractivity contribution in [3.05, 3.63) is 65.9 Å². The molecule has 4 rings (SSSR count). The predicted octanol–water partition coefficient (Wildman–Crippen LogP) is 3.24. The number of carbonyl (C=O) groups is 1. The van der Waals surface area contributed by atoms with Crippen LogP contribution in [-0.2, 0) is 4.79 Å². The molecule has 1 saturated heterocycles. The quantitative estimate of drug-likeness (QED) is 0.484. The van der Waals surface area contributed by atoms with E-state index in [1.54, 1.807) is 6.33 Å². The number of thioether (sulfide) groups is 1. The Morgan fingerprint density at radius 3 is 2.65 bits per heavy atom. The molecule has 1 aliphatic rings. The van der Waals surface area contributed by atoms with Gasteiger partial charge in [0.15, 0.2) is 5.16 Å². The molecule has 0 saturated carbocycles. The SMILES string of the molecule is O=C(CSc1nncn1-c1cccc(Cl)c1)N1CCN(CCOc2ccccc2)CC1. The first-order valence-electron chi connectivity index (χ1n) is 10.2. The smallest absolute Gasteiger partial charge is 0.233 e. The summed E-state index contributed by atoms with van der Waals surface area (Å²) in [5, 5.41) is 9.45. The Hall–Kier alpha value is -2.55. The molecule has 0 spiro atoms. The maximum atomic E-state index is 12.7. The molecule has 3 aromatic rings. The largest absolute Gasteiger partial charge is 0.492 e. The summed E-state index contributed by atoms with van der Waals surface area (Å²) < 4.78 is 7.61. The second-order valence-electron chi connectivity index (χ2n) is 7.14. The number of hydrogen-bond donors (Lipinski definition) is 0. The molecular weight excluding hydrogens is 434 g/mol. The Bertz CT molecular complexity index is 992. The second kappa shape index (κ2) is 10.7. The van der Waals surface area contributed by atoms with E-state index in [0.29, 0.717) is 22.5 Å². The van der Waals surface area contributed by atoms with Crippen molar-refractivity contribution in [1.29, 1.82) is 0 Å². The van der Waals surface area contributed by atoms with Gasteiger partial charge in [-0.2, -0.15) is 0 Å². The average molecular weight is 458 g/mol. The van der Waals surface area contributed by atoms with Crippen LogP contribution in [0.1, 0.15) is 0 Å². The lowest BCUT2D eigenvalue weighted by molar-refractivity contribution is -0.130. The third kappa shape index (κ3) is 6.00. The molecule has 7 nitrogen and oxygen atoms in total. The molecule has 2 heterocycles. The highest BCUT2D eigenvalue weighted by molar-refractivity contribution is 7.99. The fourth-order valence-electron chi connectivity index (χ4n) is 3.37. The Morgan fingerprint density at radius 2 is 1.87 bits per heavy atom. The summed E-state index contributed by atoms with van der Waals surface area (Å²) in [6.45, 7) is 4.67. The van der Waals surface area contributed by atoms with E-state index in [-0.39, 0.29) is 5.91 Å². The molecule has 0 unspecified atom stereocenters. The summed E-state index contributed by atoms with van der Waals surface area (Å²) in [7, 11) is 0. The summed E-state index contributed by atoms with van der Waals surface area (Å²) >= 11 is 7.47. The molecule has 1 amide bonds. The van der Waals surface area contributed by atoms with Crippen LogP contribution in [0.15, 0.2) is 66.1 Å². The monoisotopic (exact) mass is 457 g/mol. The number of halogens is 1. The minimum absolute atomic E-state index is 0.117. The minimum Gasteiger partial charge on any atom is -0.492 e. The molecule has 9 heteroatoms. The number of hydrogen-bond acceptors (Lipinski definition) is 6. The molecule has 0 aliphatic carbocycles. The fraction of sp³-hybridized carbons (Fsp3) is 0.318. The van der Waals surface area contributed by atoms with Gasteiger partial charge in [-0.25, -0.2) is 0 Å². The lowest BCUT2D eigenvalue weighted by Gasteiger charge is -2.34. The van der Waals surface area contributed by atoms with E-state index in [2.05, 4.69) is 15.1 Å². The van der Waals surface area contributed by atoms with Crippen molar-refractivity contribution in [3.8, 4) is 11.4 Å². The number of rotatable bonds is 8. The number of aromatic nitrogens is 3. The van der Waals surface area contributed by atoms with E-state index in [1.165, 1.54) is 11.8 Å². The summed E-state index contributed by atoms with van der Waals surface area (Å²) in [5.41, 5.74) is 0.874. The first kappa shape index (κ1) is 21.7. The molecule has 0 radical (unpaired) electrons. The molecule has 31 heavy (non-hydrogen) atoms. The zero-order valence-corrected chi connectivity index (χ0v) is 18.6. The van der Waals surface area contributed by atoms with E-state index in [4.69, 9.17) is 16.3 Å². The fourth-order valence-corrected chi connectivity index (χ4v) is 4.39. The minimum atomic E-state index is 0.117. The lowest BCUT2D eigenvalue weighted by Crippen LogP contribution is -2.50. The molecule has 2 aromatic carbocycles. The van der Waals surface area contributed by atoms with Crippen molar-refractivity contribution in [2.45, 2.75) is 5.16 Å². The Morgan fingerprint density at radius 1 is 1.06 bits per heavy atom. The molecule has 1 fully saturated rings. The predicted molar refractivity (Wildman–Crippen MR) is 122 cm³/mol. The molecule has 162 valence electrons. The number of ether oxygens (including phenoxy) is 1. The first-order valence-corrected chi connectivity index (χ1v) is 11.5. The van der Waals surface area contributed by atoms with Gasteiger partial charge in [0.05, 0.1) is 11.4 Å². The van der Waals surface area contributed by atoms with Gasteiger partial charge in [0.25, 0.3) is 0 Å². The van der Waals surface area contributed by atoms with Crippen molar-refractivity contribution < 1.29 is 9.53 Å². The van der Waals surface area contributed by atoms with E-state index in [1.807, 2.05) is 64.1 Å². The average Bonchev–Trinajstić information content (AvgIpc) is 3.27. The van der Waals surface area contributed by atoms with Gasteiger partial charge in [-0.05, 0) is 30.3 Å². The van der Waals surface area contributed by atoms with Crippen LogP contribution in [0.2, 0.25) is 5.02 Å². The number of piperazine rings is 1. The summed E-state index contributed by atoms with van der Waals surface area (Å²) in [6.07, 6.45) is 1.63. The van der Waals surface area contributed by atoms with Crippen LogP contribution in [-0.4, -0.2) is 75.6 Å². The molecule has 0 atom stereocenters. The van der Waals surface area contributed by atoms with Gasteiger partial charge in [0.1, 0.15) is 18.7 Å². The van der Waals surface area contributed by atoms with Gasteiger partial charge in [0.2, 0.25) is 5.91 Å². The summed E-state index contributed by atoms with van der Waals surface area (Å²) in [5.74, 6) is 1.33. The molecular formula is C22H24ClN5O2S. The summed E-state index contributed by atoms with van der Waals surface area (Å²) in [6, 6.07) is 17.3. The standard InChI is InChI=1S/C22H24ClN5O2S/c23-18-5-4-6-19(15-18)28-17-24-25-22(28)31-16-21(29)27-11-9-26(10-12-27)13-14-30-20-7-2-1-3-8-20/h1-8,15,17H,9-14,16H2. The van der Waals surface area contributed by atoms with Gasteiger partial charge in [-0.3, -0.25) is 14.3 Å². The third-order valence-electron chi connectivity index (χ3n) is 5.07. The number of para-hydroxylation sites is 1. The number of amides is 1. The highest BCUT2D eigenvalue weighted by atomic mass is 35.5. The highest BCUT2D eigenvalue weighted by Gasteiger charge is 2.21. The van der Waals surface area contributed by atoms with Gasteiger partial charge in [-0.15, -0.1) is 10.2 Å². The van der Waals surface area contributed by atoms with Crippen molar-refractivity contribution >= 4 is 29.3 Å². The van der Waals surface area contributed by atoms with E-state index < -0.39 is 0 Å². The van der Waals surface area contributed by atoms with Crippen LogP contribution in [0.4, 0.5) is 0 Å². The molecule has 1 aromatic heterocycles. The van der Waals surface area contributed by atoms with Crippen LogP contribution in [0.3, 0.4) is 0 Å². The Balaban J connectivity index is 1.21. The Labute approximate surface area is 191 Å². The van der Waals surface area contributed by atoms with Crippen LogP contribution in [0.5, 0.6) is 5.75 Å². The van der Waals surface area contributed by atoms with Crippen molar-refractivity contribution in [2.75, 3.05) is 45.1 Å². The van der Waals surface area contributed by atoms with Crippen molar-refractivity contribution in [3.63, 3.8) is 0 Å². The van der Waals surface area contributed by atoms with Crippen LogP contribution < -0.4 is 4.74 Å². The van der Waals surface area contributed by atoms with Gasteiger partial charge < -0.3 is 9.64 Å². The number of benzene rings is 2. The van der Waals surface area contributed by atoms with Crippen LogP contribution in [0.25, 0.3) is 5.69 Å². The second-order valence-corrected chi connectivity index (χ2v) is 8.51. The zero-order valence-electron chi connectivity index (χ0n) is 17.1. The molecule has 0 N–H and O–H groups in total. The maximum Gasteiger partial charge on any atom is 0.233 e. The van der Waals surface area contributed by atoms with E-state index >= 15 is 0 Å².